The Labute approximate surface area is 123 Å². The molecule has 1 heterocycles. The molecule has 0 aliphatic heterocycles. The van der Waals surface area contributed by atoms with Gasteiger partial charge in [0.15, 0.2) is 0 Å². The van der Waals surface area contributed by atoms with E-state index in [-0.39, 0.29) is 5.54 Å². The second-order valence-electron chi connectivity index (χ2n) is 5.21. The molecule has 0 bridgehead atoms. The maximum atomic E-state index is 5.71. The second-order valence-corrected chi connectivity index (χ2v) is 6.12. The van der Waals surface area contributed by atoms with Crippen molar-refractivity contribution in [3.63, 3.8) is 0 Å². The van der Waals surface area contributed by atoms with Crippen LogP contribution in [-0.2, 0) is 18.5 Å². The van der Waals surface area contributed by atoms with Gasteiger partial charge in [0, 0.05) is 16.4 Å². The van der Waals surface area contributed by atoms with Gasteiger partial charge >= 0.3 is 0 Å². The molecule has 0 amide bonds. The van der Waals surface area contributed by atoms with Gasteiger partial charge in [-0.15, -0.1) is 0 Å². The standard InChI is InChI=1S/C16H20BrNO/c1-4-14-9-10-15(19-14)11-18-16(2,3)12-5-7-13(17)8-6-12/h5-10,18H,4,11H2,1-3H3. The molecule has 19 heavy (non-hydrogen) atoms. The molecule has 0 radical (unpaired) electrons. The molecule has 0 saturated heterocycles. The van der Waals surface area contributed by atoms with Crippen molar-refractivity contribution in [2.24, 2.45) is 0 Å². The lowest BCUT2D eigenvalue weighted by Crippen LogP contribution is -2.35. The number of rotatable bonds is 5. The minimum atomic E-state index is -0.0835. The van der Waals surface area contributed by atoms with Gasteiger partial charge in [-0.05, 0) is 43.7 Å². The monoisotopic (exact) mass is 321 g/mol. The van der Waals surface area contributed by atoms with Crippen LogP contribution in [-0.4, -0.2) is 0 Å². The Morgan fingerprint density at radius 1 is 1.05 bits per heavy atom. The van der Waals surface area contributed by atoms with Crippen LogP contribution >= 0.6 is 15.9 Å². The van der Waals surface area contributed by atoms with E-state index in [1.807, 2.05) is 12.1 Å². The summed E-state index contributed by atoms with van der Waals surface area (Å²) in [6.07, 6.45) is 0.941. The third-order valence-electron chi connectivity index (χ3n) is 3.34. The van der Waals surface area contributed by atoms with Gasteiger partial charge in [0.1, 0.15) is 11.5 Å². The number of benzene rings is 1. The summed E-state index contributed by atoms with van der Waals surface area (Å²) in [6, 6.07) is 12.5. The van der Waals surface area contributed by atoms with Crippen LogP contribution in [0.4, 0.5) is 0 Å². The van der Waals surface area contributed by atoms with E-state index in [0.29, 0.717) is 0 Å². The summed E-state index contributed by atoms with van der Waals surface area (Å²) in [4.78, 5) is 0. The van der Waals surface area contributed by atoms with Gasteiger partial charge < -0.3 is 9.73 Å². The van der Waals surface area contributed by atoms with E-state index in [0.717, 1.165) is 29.0 Å². The lowest BCUT2D eigenvalue weighted by Gasteiger charge is -2.26. The smallest absolute Gasteiger partial charge is 0.117 e. The molecule has 0 aliphatic carbocycles. The highest BCUT2D eigenvalue weighted by molar-refractivity contribution is 9.10. The van der Waals surface area contributed by atoms with E-state index in [9.17, 15) is 0 Å². The summed E-state index contributed by atoms with van der Waals surface area (Å²) in [5.74, 6) is 2.03. The zero-order chi connectivity index (χ0) is 13.9. The van der Waals surface area contributed by atoms with Crippen LogP contribution in [0.3, 0.4) is 0 Å². The molecule has 0 spiro atoms. The predicted molar refractivity (Wildman–Crippen MR) is 82.1 cm³/mol. The lowest BCUT2D eigenvalue weighted by molar-refractivity contribution is 0.364. The Morgan fingerprint density at radius 2 is 1.68 bits per heavy atom. The highest BCUT2D eigenvalue weighted by Gasteiger charge is 2.19. The Morgan fingerprint density at radius 3 is 2.26 bits per heavy atom. The minimum Gasteiger partial charge on any atom is -0.465 e. The normalized spacial score (nSPS) is 11.8. The maximum Gasteiger partial charge on any atom is 0.117 e. The highest BCUT2D eigenvalue weighted by atomic mass is 79.9. The van der Waals surface area contributed by atoms with Crippen LogP contribution < -0.4 is 5.32 Å². The highest BCUT2D eigenvalue weighted by Crippen LogP contribution is 2.23. The molecule has 1 aromatic heterocycles. The summed E-state index contributed by atoms with van der Waals surface area (Å²) in [5, 5.41) is 3.54. The number of halogens is 1. The van der Waals surface area contributed by atoms with Gasteiger partial charge in [-0.3, -0.25) is 0 Å². The molecule has 2 rings (SSSR count). The molecule has 2 nitrogen and oxygen atoms in total. The van der Waals surface area contributed by atoms with E-state index >= 15 is 0 Å². The first-order chi connectivity index (χ1) is 9.01. The molecule has 1 aromatic carbocycles. The third-order valence-corrected chi connectivity index (χ3v) is 3.86. The lowest BCUT2D eigenvalue weighted by atomic mass is 9.94. The molecule has 0 aliphatic rings. The maximum absolute atomic E-state index is 5.71. The molecule has 1 N–H and O–H groups in total. The predicted octanol–water partition coefficient (Wildman–Crippen LogP) is 4.63. The fraction of sp³-hybridized carbons (Fsp3) is 0.375. The van der Waals surface area contributed by atoms with Crippen molar-refractivity contribution in [2.75, 3.05) is 0 Å². The average Bonchev–Trinajstić information content (AvgIpc) is 2.85. The Bertz CT molecular complexity index is 528. The number of hydrogen-bond donors (Lipinski definition) is 1. The van der Waals surface area contributed by atoms with Crippen molar-refractivity contribution in [1.29, 1.82) is 0 Å². The van der Waals surface area contributed by atoms with E-state index in [2.05, 4.69) is 66.3 Å². The van der Waals surface area contributed by atoms with Crippen molar-refractivity contribution in [3.05, 3.63) is 58.0 Å². The van der Waals surface area contributed by atoms with Gasteiger partial charge in [-0.2, -0.15) is 0 Å². The average molecular weight is 322 g/mol. The van der Waals surface area contributed by atoms with Crippen molar-refractivity contribution in [1.82, 2.24) is 5.32 Å². The van der Waals surface area contributed by atoms with E-state index < -0.39 is 0 Å². The zero-order valence-electron chi connectivity index (χ0n) is 11.7. The third kappa shape index (κ3) is 3.71. The molecule has 0 unspecified atom stereocenters. The fourth-order valence-electron chi connectivity index (χ4n) is 1.98. The van der Waals surface area contributed by atoms with Crippen LogP contribution in [0.2, 0.25) is 0 Å². The van der Waals surface area contributed by atoms with Gasteiger partial charge in [0.25, 0.3) is 0 Å². The van der Waals surface area contributed by atoms with Crippen LogP contribution in [0.1, 0.15) is 37.9 Å². The van der Waals surface area contributed by atoms with Gasteiger partial charge in [-0.1, -0.05) is 35.0 Å². The minimum absolute atomic E-state index is 0.0835. The zero-order valence-corrected chi connectivity index (χ0v) is 13.3. The SMILES string of the molecule is CCc1ccc(CNC(C)(C)c2ccc(Br)cc2)o1. The Kier molecular flexibility index (Phi) is 4.48. The number of hydrogen-bond acceptors (Lipinski definition) is 2. The van der Waals surface area contributed by atoms with Crippen LogP contribution in [0.25, 0.3) is 0 Å². The van der Waals surface area contributed by atoms with Gasteiger partial charge in [0.05, 0.1) is 6.54 Å². The van der Waals surface area contributed by atoms with E-state index in [1.165, 1.54) is 5.56 Å². The Balaban J connectivity index is 2.02. The molecule has 0 saturated carbocycles. The van der Waals surface area contributed by atoms with Gasteiger partial charge in [0.2, 0.25) is 0 Å². The molecule has 2 aromatic rings. The summed E-state index contributed by atoms with van der Waals surface area (Å²) in [5.41, 5.74) is 1.18. The quantitative estimate of drug-likeness (QED) is 0.868. The first-order valence-electron chi connectivity index (χ1n) is 6.60. The number of aryl methyl sites for hydroxylation is 1. The molecular formula is C16H20BrNO. The molecule has 102 valence electrons. The van der Waals surface area contributed by atoms with E-state index in [4.69, 9.17) is 4.42 Å². The summed E-state index contributed by atoms with van der Waals surface area (Å²) < 4.78 is 6.82. The fourth-order valence-corrected chi connectivity index (χ4v) is 2.25. The van der Waals surface area contributed by atoms with Crippen LogP contribution in [0.15, 0.2) is 45.3 Å². The summed E-state index contributed by atoms with van der Waals surface area (Å²) >= 11 is 3.46. The summed E-state index contributed by atoms with van der Waals surface area (Å²) in [7, 11) is 0. The topological polar surface area (TPSA) is 25.2 Å². The molecule has 0 fully saturated rings. The van der Waals surface area contributed by atoms with Crippen molar-refractivity contribution < 1.29 is 4.42 Å². The van der Waals surface area contributed by atoms with E-state index in [1.54, 1.807) is 0 Å². The van der Waals surface area contributed by atoms with Crippen molar-refractivity contribution in [3.8, 4) is 0 Å². The molecule has 3 heteroatoms. The Hall–Kier alpha value is -1.06. The molecular weight excluding hydrogens is 302 g/mol. The first kappa shape index (κ1) is 14.4. The first-order valence-corrected chi connectivity index (χ1v) is 7.39. The summed E-state index contributed by atoms with van der Waals surface area (Å²) in [6.45, 7) is 7.20. The number of furan rings is 1. The second kappa shape index (κ2) is 5.93. The number of nitrogens with one attached hydrogen (secondary N) is 1. The largest absolute Gasteiger partial charge is 0.465 e. The van der Waals surface area contributed by atoms with Gasteiger partial charge in [-0.25, -0.2) is 0 Å². The molecule has 0 atom stereocenters. The van der Waals surface area contributed by atoms with Crippen LogP contribution in [0, 0.1) is 0 Å². The van der Waals surface area contributed by atoms with Crippen molar-refractivity contribution in [2.45, 2.75) is 39.3 Å². The van der Waals surface area contributed by atoms with Crippen molar-refractivity contribution >= 4 is 15.9 Å². The van der Waals surface area contributed by atoms with Crippen LogP contribution in [0.5, 0.6) is 0 Å².